The van der Waals surface area contributed by atoms with Crippen molar-refractivity contribution in [3.8, 4) is 23.0 Å². The van der Waals surface area contributed by atoms with Crippen molar-refractivity contribution in [2.24, 2.45) is 0 Å². The molecule has 0 saturated heterocycles. The van der Waals surface area contributed by atoms with Crippen LogP contribution in [0, 0.1) is 10.1 Å². The molecule has 0 heterocycles. The van der Waals surface area contributed by atoms with Crippen molar-refractivity contribution in [1.82, 2.24) is 0 Å². The van der Waals surface area contributed by atoms with Gasteiger partial charge in [0.05, 0.1) is 33.4 Å². The lowest BCUT2D eigenvalue weighted by Crippen LogP contribution is -2.07. The first-order chi connectivity index (χ1) is 17.4. The number of carbonyl (C=O) groups excluding carboxylic acids is 1. The summed E-state index contributed by atoms with van der Waals surface area (Å²) in [5, 5.41) is 13.9. The first-order valence-electron chi connectivity index (χ1n) is 10.8. The quantitative estimate of drug-likeness (QED) is 0.174. The van der Waals surface area contributed by atoms with Crippen LogP contribution in [-0.2, 0) is 4.79 Å². The van der Waals surface area contributed by atoms with E-state index in [1.807, 2.05) is 36.4 Å². The summed E-state index contributed by atoms with van der Waals surface area (Å²) in [6.07, 6.45) is 6.64. The summed E-state index contributed by atoms with van der Waals surface area (Å²) >= 11 is 0. The Hall–Kier alpha value is -4.79. The van der Waals surface area contributed by atoms with Gasteiger partial charge in [-0.25, -0.2) is 0 Å². The number of nitro benzene ring substituents is 1. The van der Waals surface area contributed by atoms with E-state index in [0.29, 0.717) is 28.5 Å². The van der Waals surface area contributed by atoms with Crippen LogP contribution in [0.4, 0.5) is 11.4 Å². The average Bonchev–Trinajstić information content (AvgIpc) is 2.90. The molecule has 0 aliphatic heterocycles. The van der Waals surface area contributed by atoms with Crippen molar-refractivity contribution in [3.05, 3.63) is 87.5 Å². The minimum Gasteiger partial charge on any atom is -0.493 e. The van der Waals surface area contributed by atoms with Crippen LogP contribution in [0.3, 0.4) is 0 Å². The molecular weight excluding hydrogens is 464 g/mol. The number of ether oxygens (including phenoxy) is 4. The Morgan fingerprint density at radius 1 is 0.750 bits per heavy atom. The molecule has 186 valence electrons. The number of methoxy groups -OCH3 is 4. The van der Waals surface area contributed by atoms with Crippen LogP contribution in [0.15, 0.2) is 60.7 Å². The second-order valence-electron chi connectivity index (χ2n) is 7.42. The van der Waals surface area contributed by atoms with Gasteiger partial charge in [0.1, 0.15) is 0 Å². The van der Waals surface area contributed by atoms with Gasteiger partial charge in [-0.1, -0.05) is 30.4 Å². The van der Waals surface area contributed by atoms with Crippen molar-refractivity contribution < 1.29 is 28.7 Å². The lowest BCUT2D eigenvalue weighted by atomic mass is 10.1. The molecule has 3 rings (SSSR count). The number of benzene rings is 3. The van der Waals surface area contributed by atoms with Crippen LogP contribution >= 0.6 is 0 Å². The number of rotatable bonds is 10. The van der Waals surface area contributed by atoms with Crippen LogP contribution in [0.25, 0.3) is 18.2 Å². The number of anilines is 1. The van der Waals surface area contributed by atoms with Gasteiger partial charge in [-0.2, -0.15) is 0 Å². The van der Waals surface area contributed by atoms with Crippen LogP contribution in [0.5, 0.6) is 23.0 Å². The van der Waals surface area contributed by atoms with Gasteiger partial charge >= 0.3 is 5.69 Å². The zero-order chi connectivity index (χ0) is 26.1. The molecule has 9 nitrogen and oxygen atoms in total. The van der Waals surface area contributed by atoms with Crippen molar-refractivity contribution in [2.45, 2.75) is 0 Å². The van der Waals surface area contributed by atoms with E-state index in [2.05, 4.69) is 5.32 Å². The first-order valence-corrected chi connectivity index (χ1v) is 10.8. The van der Waals surface area contributed by atoms with Crippen molar-refractivity contribution in [2.75, 3.05) is 33.8 Å². The highest BCUT2D eigenvalue weighted by Crippen LogP contribution is 2.38. The highest BCUT2D eigenvalue weighted by Gasteiger charge is 2.14. The fraction of sp³-hybridized carbons (Fsp3) is 0.148. The SMILES string of the molecule is COc1ccc(/C=C/C(=O)Nc2ccc(C=Cc3cc(OC)c(OC)c(OC)c3)cc2)cc1[N+](=O)[O-]. The molecule has 0 bridgehead atoms. The fourth-order valence-corrected chi connectivity index (χ4v) is 3.38. The fourth-order valence-electron chi connectivity index (χ4n) is 3.38. The molecule has 3 aromatic rings. The van der Waals surface area contributed by atoms with Gasteiger partial charge in [-0.05, 0) is 53.1 Å². The van der Waals surface area contributed by atoms with E-state index >= 15 is 0 Å². The molecule has 0 radical (unpaired) electrons. The molecular formula is C27H26N2O7. The molecule has 0 unspecified atom stereocenters. The number of hydrogen-bond donors (Lipinski definition) is 1. The molecule has 0 aliphatic rings. The Kier molecular flexibility index (Phi) is 8.66. The van der Waals surface area contributed by atoms with Crippen LogP contribution in [0.2, 0.25) is 0 Å². The normalized spacial score (nSPS) is 10.9. The van der Waals surface area contributed by atoms with Crippen LogP contribution < -0.4 is 24.3 Å². The van der Waals surface area contributed by atoms with Crippen molar-refractivity contribution in [3.63, 3.8) is 0 Å². The number of nitrogens with one attached hydrogen (secondary N) is 1. The maximum Gasteiger partial charge on any atom is 0.311 e. The number of carbonyl (C=O) groups is 1. The predicted octanol–water partition coefficient (Wildman–Crippen LogP) is 5.45. The number of hydrogen-bond acceptors (Lipinski definition) is 7. The summed E-state index contributed by atoms with van der Waals surface area (Å²) < 4.78 is 21.1. The molecule has 0 spiro atoms. The Labute approximate surface area is 208 Å². The summed E-state index contributed by atoms with van der Waals surface area (Å²) in [5.41, 5.74) is 2.73. The third-order valence-corrected chi connectivity index (χ3v) is 5.16. The highest BCUT2D eigenvalue weighted by molar-refractivity contribution is 6.02. The zero-order valence-corrected chi connectivity index (χ0v) is 20.3. The maximum absolute atomic E-state index is 12.3. The lowest BCUT2D eigenvalue weighted by molar-refractivity contribution is -0.385. The monoisotopic (exact) mass is 490 g/mol. The summed E-state index contributed by atoms with van der Waals surface area (Å²) in [4.78, 5) is 22.9. The van der Waals surface area contributed by atoms with E-state index in [1.165, 1.54) is 31.4 Å². The summed E-state index contributed by atoms with van der Waals surface area (Å²) in [7, 11) is 6.04. The third kappa shape index (κ3) is 6.41. The summed E-state index contributed by atoms with van der Waals surface area (Å²) in [6, 6.07) is 15.4. The third-order valence-electron chi connectivity index (χ3n) is 5.16. The van der Waals surface area contributed by atoms with E-state index in [9.17, 15) is 14.9 Å². The molecule has 0 atom stereocenters. The average molecular weight is 491 g/mol. The molecule has 9 heteroatoms. The Morgan fingerprint density at radius 2 is 1.33 bits per heavy atom. The van der Waals surface area contributed by atoms with E-state index in [1.54, 1.807) is 39.5 Å². The molecule has 0 saturated carbocycles. The van der Waals surface area contributed by atoms with Crippen molar-refractivity contribution in [1.29, 1.82) is 0 Å². The summed E-state index contributed by atoms with van der Waals surface area (Å²) in [6.45, 7) is 0. The number of amides is 1. The lowest BCUT2D eigenvalue weighted by Gasteiger charge is -2.12. The van der Waals surface area contributed by atoms with Crippen molar-refractivity contribution >= 4 is 35.5 Å². The second-order valence-corrected chi connectivity index (χ2v) is 7.42. The molecule has 0 aliphatic carbocycles. The predicted molar refractivity (Wildman–Crippen MR) is 139 cm³/mol. The zero-order valence-electron chi connectivity index (χ0n) is 20.3. The van der Waals surface area contributed by atoms with Gasteiger partial charge < -0.3 is 24.3 Å². The molecule has 0 aromatic heterocycles. The Bertz CT molecular complexity index is 1270. The highest BCUT2D eigenvalue weighted by atomic mass is 16.6. The van der Waals surface area contributed by atoms with E-state index in [4.69, 9.17) is 18.9 Å². The van der Waals surface area contributed by atoms with Gasteiger partial charge in [0.2, 0.25) is 11.7 Å². The largest absolute Gasteiger partial charge is 0.493 e. The van der Waals surface area contributed by atoms with Crippen LogP contribution in [0.1, 0.15) is 16.7 Å². The van der Waals surface area contributed by atoms with Crippen LogP contribution in [-0.4, -0.2) is 39.3 Å². The van der Waals surface area contributed by atoms with Gasteiger partial charge in [0, 0.05) is 17.8 Å². The van der Waals surface area contributed by atoms with Gasteiger partial charge in [-0.15, -0.1) is 0 Å². The second kappa shape index (κ2) is 12.1. The van der Waals surface area contributed by atoms with E-state index in [-0.39, 0.29) is 17.3 Å². The smallest absolute Gasteiger partial charge is 0.311 e. The van der Waals surface area contributed by atoms with E-state index in [0.717, 1.165) is 11.1 Å². The molecule has 1 N–H and O–H groups in total. The first kappa shape index (κ1) is 25.8. The Morgan fingerprint density at radius 3 is 1.89 bits per heavy atom. The Balaban J connectivity index is 1.66. The molecule has 36 heavy (non-hydrogen) atoms. The number of nitrogens with zero attached hydrogens (tertiary/aromatic N) is 1. The standard InChI is InChI=1S/C27H26N2O7/c1-33-23-13-9-19(15-22(23)29(31)32)10-14-26(30)28-21-11-7-18(8-12-21)5-6-20-16-24(34-2)27(36-4)25(17-20)35-3/h5-17H,1-4H3,(H,28,30)/b6-5?,14-10+. The number of nitro groups is 1. The maximum atomic E-state index is 12.3. The molecule has 0 fully saturated rings. The molecule has 3 aromatic carbocycles. The summed E-state index contributed by atoms with van der Waals surface area (Å²) in [5.74, 6) is 1.44. The minimum absolute atomic E-state index is 0.154. The molecule has 1 amide bonds. The minimum atomic E-state index is -0.534. The van der Waals surface area contributed by atoms with Gasteiger partial charge in [0.15, 0.2) is 17.2 Å². The topological polar surface area (TPSA) is 109 Å². The van der Waals surface area contributed by atoms with Gasteiger partial charge in [-0.3, -0.25) is 14.9 Å². The van der Waals surface area contributed by atoms with Gasteiger partial charge in [0.25, 0.3) is 0 Å². The van der Waals surface area contributed by atoms with E-state index < -0.39 is 4.92 Å².